The van der Waals surface area contributed by atoms with E-state index < -0.39 is 20.0 Å². The van der Waals surface area contributed by atoms with E-state index in [-0.39, 0.29) is 31.5 Å². The van der Waals surface area contributed by atoms with E-state index in [9.17, 15) is 19.0 Å². The highest BCUT2D eigenvalue weighted by atomic mass is 31.2. The fourth-order valence-electron chi connectivity index (χ4n) is 8.55. The Morgan fingerprint density at radius 3 is 1.31 bits per heavy atom. The molecule has 0 aliphatic heterocycles. The Morgan fingerprint density at radius 1 is 0.480 bits per heavy atom. The minimum absolute atomic E-state index is 0.0331. The highest BCUT2D eigenvalue weighted by molar-refractivity contribution is 7.47. The Balaban J connectivity index is 5.24. The maximum atomic E-state index is 13.5. The first kappa shape index (κ1) is 72.2. The van der Waals surface area contributed by atoms with Crippen LogP contribution in [0.15, 0.2) is 85.1 Å². The summed E-state index contributed by atoms with van der Waals surface area (Å²) < 4.78 is 30.7. The lowest BCUT2D eigenvalue weighted by atomic mass is 10.0. The lowest BCUT2D eigenvalue weighted by molar-refractivity contribution is -0.870. The van der Waals surface area contributed by atoms with Gasteiger partial charge in [-0.15, -0.1) is 0 Å². The molecule has 0 aliphatic rings. The summed E-state index contributed by atoms with van der Waals surface area (Å²) in [6, 6.07) is -0.861. The number of ether oxygens (including phenoxy) is 1. The zero-order chi connectivity index (χ0) is 55.0. The summed E-state index contributed by atoms with van der Waals surface area (Å²) >= 11 is 0. The molecule has 0 aliphatic carbocycles. The van der Waals surface area contributed by atoms with Gasteiger partial charge in [0, 0.05) is 12.8 Å². The fraction of sp³-hybridized carbons (Fsp3) is 0.754. The molecule has 0 aromatic carbocycles. The third-order valence-corrected chi connectivity index (χ3v) is 14.3. The van der Waals surface area contributed by atoms with Crippen LogP contribution in [0.1, 0.15) is 265 Å². The number of likely N-dealkylation sites (N-methyl/N-ethyl adjacent to an activating group) is 1. The van der Waals surface area contributed by atoms with Gasteiger partial charge in [-0.1, -0.05) is 235 Å². The average Bonchev–Trinajstić information content (AvgIpc) is 3.37. The van der Waals surface area contributed by atoms with Gasteiger partial charge < -0.3 is 19.4 Å². The molecule has 0 spiro atoms. The number of phosphoric ester groups is 1. The second-order valence-corrected chi connectivity index (χ2v) is 23.3. The number of hydrogen-bond donors (Lipinski definition) is 2. The highest BCUT2D eigenvalue weighted by Crippen LogP contribution is 2.43. The molecule has 0 bridgehead atoms. The SMILES string of the molecule is CC/C=C/C/C=C/CCCCCCCCCC(=O)OC(/C=C\CCCCCCCCCCCC)C(COP(=O)(O)OCC[N+](C)(C)C)NC(=O)CCCCCCCCC/C=C\C/C=C\C/C=C\C/C=C\CCCCC. The van der Waals surface area contributed by atoms with Crippen molar-refractivity contribution in [3.63, 3.8) is 0 Å². The van der Waals surface area contributed by atoms with Crippen molar-refractivity contribution in [2.24, 2.45) is 0 Å². The number of nitrogens with one attached hydrogen (secondary N) is 1. The molecule has 9 nitrogen and oxygen atoms in total. The van der Waals surface area contributed by atoms with Crippen molar-refractivity contribution < 1.29 is 37.3 Å². The van der Waals surface area contributed by atoms with Crippen molar-refractivity contribution in [1.29, 1.82) is 0 Å². The van der Waals surface area contributed by atoms with E-state index in [1.165, 1.54) is 116 Å². The van der Waals surface area contributed by atoms with Crippen LogP contribution < -0.4 is 5.32 Å². The number of nitrogens with zero attached hydrogens (tertiary/aromatic N) is 1. The minimum atomic E-state index is -4.46. The van der Waals surface area contributed by atoms with Gasteiger partial charge in [0.15, 0.2) is 0 Å². The van der Waals surface area contributed by atoms with Gasteiger partial charge in [0.05, 0.1) is 33.8 Å². The molecule has 1 amide bonds. The van der Waals surface area contributed by atoms with Gasteiger partial charge in [0.1, 0.15) is 19.3 Å². The molecule has 0 radical (unpaired) electrons. The number of hydrogen-bond acceptors (Lipinski definition) is 6. The zero-order valence-electron chi connectivity index (χ0n) is 49.5. The van der Waals surface area contributed by atoms with Crippen LogP contribution in [-0.2, 0) is 27.9 Å². The third kappa shape index (κ3) is 55.7. The van der Waals surface area contributed by atoms with Crippen molar-refractivity contribution in [2.75, 3.05) is 40.9 Å². The largest absolute Gasteiger partial charge is 0.472 e. The van der Waals surface area contributed by atoms with Crippen LogP contribution in [0.2, 0.25) is 0 Å². The van der Waals surface area contributed by atoms with Crippen LogP contribution in [-0.4, -0.2) is 74.3 Å². The predicted octanol–water partition coefficient (Wildman–Crippen LogP) is 19.0. The lowest BCUT2D eigenvalue weighted by Crippen LogP contribution is -2.47. The van der Waals surface area contributed by atoms with Crippen molar-refractivity contribution >= 4 is 19.7 Å². The van der Waals surface area contributed by atoms with Crippen LogP contribution in [0.3, 0.4) is 0 Å². The van der Waals surface area contributed by atoms with E-state index in [1.54, 1.807) is 0 Å². The molecule has 0 aromatic rings. The number of esters is 1. The number of carbonyl (C=O) groups is 2. The van der Waals surface area contributed by atoms with Gasteiger partial charge in [0.25, 0.3) is 0 Å². The predicted molar refractivity (Wildman–Crippen MR) is 323 cm³/mol. The molecule has 0 saturated heterocycles. The molecule has 10 heteroatoms. The summed E-state index contributed by atoms with van der Waals surface area (Å²) in [4.78, 5) is 37.7. The Hall–Kier alpha value is -2.81. The van der Waals surface area contributed by atoms with Crippen molar-refractivity contribution in [1.82, 2.24) is 5.32 Å². The van der Waals surface area contributed by atoms with Crippen molar-refractivity contribution in [3.8, 4) is 0 Å². The van der Waals surface area contributed by atoms with Crippen LogP contribution in [0.4, 0.5) is 0 Å². The van der Waals surface area contributed by atoms with E-state index in [0.29, 0.717) is 17.4 Å². The number of unbranched alkanes of at least 4 members (excludes halogenated alkanes) is 27. The van der Waals surface area contributed by atoms with E-state index in [2.05, 4.69) is 99.0 Å². The second kappa shape index (κ2) is 54.5. The fourth-order valence-corrected chi connectivity index (χ4v) is 9.29. The van der Waals surface area contributed by atoms with Gasteiger partial charge in [-0.3, -0.25) is 18.6 Å². The maximum Gasteiger partial charge on any atom is 0.472 e. The van der Waals surface area contributed by atoms with E-state index >= 15 is 0 Å². The Kier molecular flexibility index (Phi) is 52.5. The first-order valence-corrected chi connectivity index (χ1v) is 32.4. The molecule has 75 heavy (non-hydrogen) atoms. The summed E-state index contributed by atoms with van der Waals surface area (Å²) in [6.45, 7) is 6.86. The summed E-state index contributed by atoms with van der Waals surface area (Å²) in [5, 5.41) is 3.05. The van der Waals surface area contributed by atoms with Gasteiger partial charge >= 0.3 is 13.8 Å². The van der Waals surface area contributed by atoms with E-state index in [0.717, 1.165) is 116 Å². The summed E-state index contributed by atoms with van der Waals surface area (Å²) in [5.74, 6) is -0.528. The van der Waals surface area contributed by atoms with Crippen LogP contribution in [0.25, 0.3) is 0 Å². The third-order valence-electron chi connectivity index (χ3n) is 13.3. The Morgan fingerprint density at radius 2 is 0.853 bits per heavy atom. The molecule has 0 aromatic heterocycles. The minimum Gasteiger partial charge on any atom is -0.456 e. The first-order chi connectivity index (χ1) is 36.4. The molecule has 2 N–H and O–H groups in total. The Labute approximate surface area is 463 Å². The quantitative estimate of drug-likeness (QED) is 0.0205. The molecular formula is C65H118N2O7P+. The van der Waals surface area contributed by atoms with E-state index in [1.807, 2.05) is 33.3 Å². The molecule has 0 fully saturated rings. The molecular weight excluding hydrogens is 952 g/mol. The second-order valence-electron chi connectivity index (χ2n) is 21.8. The number of quaternary nitrogens is 1. The topological polar surface area (TPSA) is 111 Å². The number of rotatable bonds is 55. The number of phosphoric acid groups is 1. The Bertz CT molecular complexity index is 1560. The number of amides is 1. The molecule has 0 rings (SSSR count). The smallest absolute Gasteiger partial charge is 0.456 e. The molecule has 0 heterocycles. The van der Waals surface area contributed by atoms with Gasteiger partial charge in [0.2, 0.25) is 5.91 Å². The van der Waals surface area contributed by atoms with Gasteiger partial charge in [-0.05, 0) is 102 Å². The molecule has 0 saturated carbocycles. The average molecular weight is 1070 g/mol. The van der Waals surface area contributed by atoms with Gasteiger partial charge in [-0.2, -0.15) is 0 Å². The van der Waals surface area contributed by atoms with Crippen molar-refractivity contribution in [2.45, 2.75) is 277 Å². The summed E-state index contributed by atoms with van der Waals surface area (Å²) in [6.07, 6.45) is 71.5. The summed E-state index contributed by atoms with van der Waals surface area (Å²) in [5.41, 5.74) is 0. The highest BCUT2D eigenvalue weighted by Gasteiger charge is 2.30. The van der Waals surface area contributed by atoms with Crippen molar-refractivity contribution in [3.05, 3.63) is 85.1 Å². The van der Waals surface area contributed by atoms with Crippen LogP contribution in [0.5, 0.6) is 0 Å². The standard InChI is InChI=1S/C65H117N2O7P/c1-7-10-13-16-19-22-25-28-30-31-32-33-34-35-36-37-38-39-42-45-48-51-54-57-64(68)66-62(61-73-75(70,71)72-60-59-67(4,5)6)63(56-53-50-47-44-41-27-24-21-18-15-12-9-3)74-65(69)58-55-52-49-46-43-40-29-26-23-20-17-14-11-8-2/h11,14,19-20,22-23,28,30,32-33,35-36,53,56,62-63H,7-10,12-13,15-18,21,24-27,29,31,34,37-52,54-55,57-61H2,1-6H3,(H-,66,68,70,71)/p+1/b14-11+,22-19-,23-20+,30-28-,33-32-,36-35-,56-53-. The number of carbonyl (C=O) groups excluding carboxylic acids is 2. The molecule has 3 unspecified atom stereocenters. The zero-order valence-corrected chi connectivity index (χ0v) is 50.4. The number of allylic oxidation sites excluding steroid dienone is 13. The monoisotopic (exact) mass is 1070 g/mol. The van der Waals surface area contributed by atoms with E-state index in [4.69, 9.17) is 13.8 Å². The van der Waals surface area contributed by atoms with Gasteiger partial charge in [-0.25, -0.2) is 4.57 Å². The molecule has 3 atom stereocenters. The summed E-state index contributed by atoms with van der Waals surface area (Å²) in [7, 11) is 1.48. The van der Waals surface area contributed by atoms with Crippen LogP contribution >= 0.6 is 7.82 Å². The van der Waals surface area contributed by atoms with Crippen LogP contribution in [0, 0.1) is 0 Å². The molecule has 434 valence electrons. The first-order valence-electron chi connectivity index (χ1n) is 30.9. The maximum absolute atomic E-state index is 13.5. The lowest BCUT2D eigenvalue weighted by Gasteiger charge is -2.27. The normalized spacial score (nSPS) is 14.3.